The van der Waals surface area contributed by atoms with Crippen LogP contribution in [0.15, 0.2) is 47.4 Å². The van der Waals surface area contributed by atoms with Crippen LogP contribution in [0.4, 0.5) is 4.39 Å². The summed E-state index contributed by atoms with van der Waals surface area (Å²) in [6.07, 6.45) is -0.283. The molecule has 0 aromatic heterocycles. The predicted octanol–water partition coefficient (Wildman–Crippen LogP) is 3.46. The van der Waals surface area contributed by atoms with Crippen LogP contribution in [0, 0.1) is 5.82 Å². The van der Waals surface area contributed by atoms with Crippen molar-refractivity contribution in [1.82, 2.24) is 4.72 Å². The van der Waals surface area contributed by atoms with E-state index in [1.54, 1.807) is 31.2 Å². The van der Waals surface area contributed by atoms with Gasteiger partial charge >= 0.3 is 5.97 Å². The Hall–Kier alpha value is -2.16. The van der Waals surface area contributed by atoms with Gasteiger partial charge < -0.3 is 9.47 Å². The molecule has 1 N–H and O–H groups in total. The predicted molar refractivity (Wildman–Crippen MR) is 98.7 cm³/mol. The lowest BCUT2D eigenvalue weighted by Gasteiger charge is -2.20. The molecule has 27 heavy (non-hydrogen) atoms. The molecule has 0 bridgehead atoms. The second kappa shape index (κ2) is 9.16. The highest BCUT2D eigenvalue weighted by molar-refractivity contribution is 7.89. The van der Waals surface area contributed by atoms with Gasteiger partial charge in [0, 0.05) is 5.02 Å². The summed E-state index contributed by atoms with van der Waals surface area (Å²) in [5, 5.41) is 0.278. The smallest absolute Gasteiger partial charge is 0.307 e. The average Bonchev–Trinajstić information content (AvgIpc) is 2.61. The molecule has 0 heterocycles. The van der Waals surface area contributed by atoms with Crippen LogP contribution < -0.4 is 9.46 Å². The van der Waals surface area contributed by atoms with Crippen LogP contribution in [0.25, 0.3) is 0 Å². The van der Waals surface area contributed by atoms with Gasteiger partial charge in [-0.15, -0.1) is 0 Å². The fraction of sp³-hybridized carbons (Fsp3) is 0.278. The van der Waals surface area contributed by atoms with Crippen molar-refractivity contribution in [2.45, 2.75) is 24.3 Å². The third kappa shape index (κ3) is 5.41. The second-order valence-corrected chi connectivity index (χ2v) is 7.59. The number of methoxy groups -OCH3 is 1. The first kappa shape index (κ1) is 21.1. The maximum absolute atomic E-state index is 13.6. The number of hydrogen-bond acceptors (Lipinski definition) is 5. The summed E-state index contributed by atoms with van der Waals surface area (Å²) in [6.45, 7) is 1.79. The summed E-state index contributed by atoms with van der Waals surface area (Å²) >= 11 is 6.17. The summed E-state index contributed by atoms with van der Waals surface area (Å²) in [5.41, 5.74) is 0.395. The van der Waals surface area contributed by atoms with Crippen molar-refractivity contribution in [2.75, 3.05) is 13.7 Å². The molecular formula is C18H19ClFNO5S. The largest absolute Gasteiger partial charge is 0.495 e. The average molecular weight is 416 g/mol. The third-order valence-corrected chi connectivity index (χ3v) is 5.51. The number of esters is 1. The van der Waals surface area contributed by atoms with Gasteiger partial charge in [0.15, 0.2) is 0 Å². The molecule has 0 amide bonds. The van der Waals surface area contributed by atoms with Gasteiger partial charge in [0.25, 0.3) is 0 Å². The number of nitrogens with one attached hydrogen (secondary N) is 1. The molecule has 0 saturated heterocycles. The highest BCUT2D eigenvalue weighted by atomic mass is 35.5. The first-order valence-corrected chi connectivity index (χ1v) is 9.90. The van der Waals surface area contributed by atoms with Crippen molar-refractivity contribution >= 4 is 27.6 Å². The SMILES string of the molecule is CCOC(=O)C[C@H](NS(=O)(=O)c1cc(F)ccc1OC)c1ccccc1Cl. The van der Waals surface area contributed by atoms with Gasteiger partial charge in [-0.3, -0.25) is 4.79 Å². The molecule has 1 atom stereocenters. The highest BCUT2D eigenvalue weighted by Gasteiger charge is 2.28. The lowest BCUT2D eigenvalue weighted by Crippen LogP contribution is -2.31. The van der Waals surface area contributed by atoms with E-state index in [0.717, 1.165) is 12.1 Å². The number of ether oxygens (including phenoxy) is 2. The van der Waals surface area contributed by atoms with E-state index in [1.807, 2.05) is 0 Å². The van der Waals surface area contributed by atoms with Gasteiger partial charge in [-0.1, -0.05) is 29.8 Å². The zero-order valence-electron chi connectivity index (χ0n) is 14.7. The minimum absolute atomic E-state index is 0.0297. The Labute approximate surface area is 162 Å². The van der Waals surface area contributed by atoms with Crippen LogP contribution in [-0.2, 0) is 19.6 Å². The third-order valence-electron chi connectivity index (χ3n) is 3.67. The number of hydrogen-bond donors (Lipinski definition) is 1. The molecular weight excluding hydrogens is 397 g/mol. The molecule has 0 spiro atoms. The van der Waals surface area contributed by atoms with Gasteiger partial charge in [-0.2, -0.15) is 0 Å². The van der Waals surface area contributed by atoms with Gasteiger partial charge in [0.1, 0.15) is 16.5 Å². The topological polar surface area (TPSA) is 81.7 Å². The molecule has 0 aliphatic carbocycles. The molecule has 2 aromatic rings. The summed E-state index contributed by atoms with van der Waals surface area (Å²) in [5.74, 6) is -1.37. The molecule has 6 nitrogen and oxygen atoms in total. The van der Waals surface area contributed by atoms with E-state index in [0.29, 0.717) is 5.56 Å². The number of sulfonamides is 1. The minimum atomic E-state index is -4.23. The quantitative estimate of drug-likeness (QED) is 0.668. The van der Waals surface area contributed by atoms with Crippen LogP contribution in [0.1, 0.15) is 24.9 Å². The highest BCUT2D eigenvalue weighted by Crippen LogP contribution is 2.30. The molecule has 0 fully saturated rings. The zero-order chi connectivity index (χ0) is 20.0. The molecule has 2 aromatic carbocycles. The van der Waals surface area contributed by atoms with Crippen LogP contribution in [-0.4, -0.2) is 28.1 Å². The number of benzene rings is 2. The van der Waals surface area contributed by atoms with Gasteiger partial charge in [0.2, 0.25) is 10.0 Å². The Morgan fingerprint density at radius 3 is 2.59 bits per heavy atom. The maximum Gasteiger partial charge on any atom is 0.307 e. The second-order valence-electron chi connectivity index (χ2n) is 5.50. The molecule has 9 heteroatoms. The van der Waals surface area contributed by atoms with E-state index in [1.165, 1.54) is 13.2 Å². The summed E-state index contributed by atoms with van der Waals surface area (Å²) in [7, 11) is -2.96. The lowest BCUT2D eigenvalue weighted by molar-refractivity contribution is -0.143. The number of rotatable bonds is 8. The molecule has 0 aliphatic rings. The first-order valence-electron chi connectivity index (χ1n) is 8.04. The van der Waals surface area contributed by atoms with Crippen molar-refractivity contribution in [3.05, 3.63) is 58.9 Å². The normalized spacial score (nSPS) is 12.4. The van der Waals surface area contributed by atoms with E-state index in [-0.39, 0.29) is 28.7 Å². The molecule has 0 aliphatic heterocycles. The number of carbonyl (C=O) groups is 1. The van der Waals surface area contributed by atoms with Gasteiger partial charge in [0.05, 0.1) is 26.2 Å². The Kier molecular flexibility index (Phi) is 7.18. The van der Waals surface area contributed by atoms with Crippen LogP contribution in [0.5, 0.6) is 5.75 Å². The fourth-order valence-electron chi connectivity index (χ4n) is 2.47. The minimum Gasteiger partial charge on any atom is -0.495 e. The fourth-order valence-corrected chi connectivity index (χ4v) is 4.13. The van der Waals surface area contributed by atoms with E-state index in [2.05, 4.69) is 4.72 Å². The summed E-state index contributed by atoms with van der Waals surface area (Å²) in [4.78, 5) is 11.6. The standard InChI is InChI=1S/C18H19ClFNO5S/c1-3-26-18(22)11-15(13-6-4-5-7-14(13)19)21-27(23,24)17-10-12(20)8-9-16(17)25-2/h4-10,15,21H,3,11H2,1-2H3/t15-/m0/s1. The van der Waals surface area contributed by atoms with Crippen molar-refractivity contribution < 1.29 is 27.1 Å². The van der Waals surface area contributed by atoms with E-state index < -0.39 is 27.9 Å². The van der Waals surface area contributed by atoms with Crippen molar-refractivity contribution in [3.8, 4) is 5.75 Å². The van der Waals surface area contributed by atoms with E-state index in [4.69, 9.17) is 21.1 Å². The number of carbonyl (C=O) groups excluding carboxylic acids is 1. The molecule has 2 rings (SSSR count). The van der Waals surface area contributed by atoms with Gasteiger partial charge in [-0.05, 0) is 36.8 Å². The van der Waals surface area contributed by atoms with Crippen LogP contribution in [0.3, 0.4) is 0 Å². The first-order chi connectivity index (χ1) is 12.8. The van der Waals surface area contributed by atoms with E-state index >= 15 is 0 Å². The van der Waals surface area contributed by atoms with Gasteiger partial charge in [-0.25, -0.2) is 17.5 Å². The Morgan fingerprint density at radius 1 is 1.26 bits per heavy atom. The van der Waals surface area contributed by atoms with Crippen molar-refractivity contribution in [1.29, 1.82) is 0 Å². The Bertz CT molecular complexity index is 920. The van der Waals surface area contributed by atoms with Crippen molar-refractivity contribution in [2.24, 2.45) is 0 Å². The molecule has 146 valence electrons. The van der Waals surface area contributed by atoms with E-state index in [9.17, 15) is 17.6 Å². The lowest BCUT2D eigenvalue weighted by atomic mass is 10.1. The summed E-state index contributed by atoms with van der Waals surface area (Å²) in [6, 6.07) is 8.64. The maximum atomic E-state index is 13.6. The molecule has 0 radical (unpaired) electrons. The van der Waals surface area contributed by atoms with Crippen LogP contribution in [0.2, 0.25) is 5.02 Å². The Morgan fingerprint density at radius 2 is 1.96 bits per heavy atom. The zero-order valence-corrected chi connectivity index (χ0v) is 16.3. The number of halogens is 2. The molecule has 0 saturated carbocycles. The molecule has 0 unspecified atom stereocenters. The Balaban J connectivity index is 2.43. The monoisotopic (exact) mass is 415 g/mol. The van der Waals surface area contributed by atoms with Crippen LogP contribution >= 0.6 is 11.6 Å². The van der Waals surface area contributed by atoms with Crippen molar-refractivity contribution in [3.63, 3.8) is 0 Å². The summed E-state index contributed by atoms with van der Waals surface area (Å²) < 4.78 is 51.6.